The number of hydrogen-bond acceptors (Lipinski definition) is 17. The zero-order valence-electron chi connectivity index (χ0n) is 35.6. The van der Waals surface area contributed by atoms with E-state index in [1.807, 2.05) is 6.92 Å². The Hall–Kier alpha value is -2.58. The van der Waals surface area contributed by atoms with Gasteiger partial charge in [-0.15, -0.1) is 0 Å². The molecular weight excluding hydrogens is 762 g/mol. The zero-order chi connectivity index (χ0) is 43.1. The number of carbonyl (C=O) groups excluding carboxylic acids is 4. The van der Waals surface area contributed by atoms with Crippen molar-refractivity contribution >= 4 is 24.2 Å². The van der Waals surface area contributed by atoms with Crippen molar-refractivity contribution in [3.05, 3.63) is 12.2 Å². The predicted molar refractivity (Wildman–Crippen MR) is 205 cm³/mol. The number of carbonyl (C=O) groups is 4. The van der Waals surface area contributed by atoms with Crippen molar-refractivity contribution in [2.75, 3.05) is 21.2 Å². The molecule has 17 nitrogen and oxygen atoms in total. The number of aliphatic hydroxyl groups is 3. The lowest BCUT2D eigenvalue weighted by molar-refractivity contribution is -0.344. The molecule has 58 heavy (non-hydrogen) atoms. The van der Waals surface area contributed by atoms with Crippen LogP contribution in [0.25, 0.3) is 0 Å². The Kier molecular flexibility index (Phi) is 17.6. The van der Waals surface area contributed by atoms with Crippen molar-refractivity contribution in [3.63, 3.8) is 0 Å². The molecule has 0 radical (unpaired) electrons. The average Bonchev–Trinajstić information content (AvgIpc) is 3.89. The predicted octanol–water partition coefficient (Wildman–Crippen LogP) is 1.98. The van der Waals surface area contributed by atoms with Gasteiger partial charge in [0.25, 0.3) is 0 Å². The Bertz CT molecular complexity index is 1390. The quantitative estimate of drug-likeness (QED) is 0.0842. The summed E-state index contributed by atoms with van der Waals surface area (Å²) >= 11 is 0. The maximum absolute atomic E-state index is 13.4. The number of fused-ring (bicyclic) bond motifs is 1. The Balaban J connectivity index is 1.67. The van der Waals surface area contributed by atoms with E-state index >= 15 is 0 Å². The smallest absolute Gasteiger partial charge is 0.309 e. The minimum atomic E-state index is -1.49. The molecule has 0 spiro atoms. The third-order valence-corrected chi connectivity index (χ3v) is 11.5. The SMILES string of the molecule is CCC(=O)OC1CC(=O)OC(C)CC2OC2/C=C/C(O)C(C)CC(CC=O)C(O[C@H]2O[C@@H](C)[C@H](O[C@H]3C[C@@](C)(O)[C@@H](OC(=O)CC)[C@H](C)O3)[C@@H](N(C)C)[C@@H]2O)C1OC. The van der Waals surface area contributed by atoms with E-state index in [1.54, 1.807) is 72.7 Å². The molecule has 4 rings (SSSR count). The molecule has 9 unspecified atom stereocenters. The second-order valence-electron chi connectivity index (χ2n) is 16.7. The number of epoxide rings is 1. The van der Waals surface area contributed by atoms with Crippen LogP contribution in [0.2, 0.25) is 0 Å². The summed E-state index contributed by atoms with van der Waals surface area (Å²) < 4.78 is 54.4. The van der Waals surface area contributed by atoms with Gasteiger partial charge in [-0.3, -0.25) is 14.4 Å². The van der Waals surface area contributed by atoms with Gasteiger partial charge >= 0.3 is 17.9 Å². The number of aldehydes is 1. The summed E-state index contributed by atoms with van der Waals surface area (Å²) in [5, 5.41) is 34.6. The van der Waals surface area contributed by atoms with E-state index < -0.39 is 121 Å². The maximum Gasteiger partial charge on any atom is 0.309 e. The lowest BCUT2D eigenvalue weighted by Gasteiger charge is -2.50. The maximum atomic E-state index is 13.4. The van der Waals surface area contributed by atoms with E-state index in [4.69, 9.17) is 42.6 Å². The van der Waals surface area contributed by atoms with E-state index in [9.17, 15) is 34.5 Å². The number of methoxy groups -OCH3 is 1. The van der Waals surface area contributed by atoms with Crippen LogP contribution in [0.1, 0.15) is 93.4 Å². The Labute approximate surface area is 341 Å². The zero-order valence-corrected chi connectivity index (χ0v) is 35.6. The van der Waals surface area contributed by atoms with Gasteiger partial charge in [0.15, 0.2) is 18.7 Å². The molecule has 3 N–H and O–H groups in total. The van der Waals surface area contributed by atoms with Crippen molar-refractivity contribution < 1.29 is 77.1 Å². The van der Waals surface area contributed by atoms with Crippen molar-refractivity contribution in [1.82, 2.24) is 4.90 Å². The van der Waals surface area contributed by atoms with E-state index in [0.717, 1.165) is 0 Å². The highest BCUT2D eigenvalue weighted by atomic mass is 16.7. The topological polar surface area (TPSA) is 219 Å². The summed E-state index contributed by atoms with van der Waals surface area (Å²) in [6, 6.07) is -0.783. The van der Waals surface area contributed by atoms with Crippen molar-refractivity contribution in [2.45, 2.75) is 191 Å². The standard InChI is InChI=1S/C41H67NO16/c1-11-30(45)55-29-19-32(47)51-22(4)18-28-27(54-28)14-13-26(44)21(3)17-25(15-16-43)37(38(29)50-10)58-40-35(48)34(42(8)9)36(23(5)53-40)57-33-20-41(7,49)39(24(6)52-33)56-31(46)12-2/h13-14,16,21-29,33-40,44,48-49H,11-12,15,17-20H2,1-10H3/b14-13+/t21?,22?,23-,24-,25?,26?,27?,28?,29?,33-,34-,35-,36-,37?,38?,39-,40+,41+/m0/s1. The molecule has 0 saturated carbocycles. The molecule has 0 bridgehead atoms. The van der Waals surface area contributed by atoms with Crippen LogP contribution in [0.15, 0.2) is 12.2 Å². The fourth-order valence-electron chi connectivity index (χ4n) is 8.36. The van der Waals surface area contributed by atoms with Crippen molar-refractivity contribution in [1.29, 1.82) is 0 Å². The number of ether oxygens (including phenoxy) is 9. The number of cyclic esters (lactones) is 1. The van der Waals surface area contributed by atoms with E-state index in [0.29, 0.717) is 12.7 Å². The molecule has 332 valence electrons. The number of likely N-dealkylation sites (N-methyl/N-ethyl adjacent to an activating group) is 1. The van der Waals surface area contributed by atoms with Gasteiger partial charge in [-0.25, -0.2) is 0 Å². The van der Waals surface area contributed by atoms with Gasteiger partial charge in [0, 0.05) is 39.2 Å². The number of nitrogens with zero attached hydrogens (tertiary/aromatic N) is 1. The molecule has 0 amide bonds. The van der Waals surface area contributed by atoms with Crippen LogP contribution in [-0.4, -0.2) is 163 Å². The second kappa shape index (κ2) is 21.3. The molecule has 17 heteroatoms. The molecule has 4 heterocycles. The molecule has 0 aromatic carbocycles. The first-order valence-electron chi connectivity index (χ1n) is 20.6. The molecule has 0 aromatic heterocycles. The highest BCUT2D eigenvalue weighted by molar-refractivity contribution is 5.72. The second-order valence-corrected chi connectivity index (χ2v) is 16.7. The lowest BCUT2D eigenvalue weighted by Crippen LogP contribution is -2.66. The van der Waals surface area contributed by atoms with Gasteiger partial charge < -0.3 is 67.6 Å². The number of hydrogen-bond donors (Lipinski definition) is 3. The van der Waals surface area contributed by atoms with Gasteiger partial charge in [0.1, 0.15) is 48.5 Å². The number of esters is 3. The highest BCUT2D eigenvalue weighted by Gasteiger charge is 2.53. The van der Waals surface area contributed by atoms with E-state index in [-0.39, 0.29) is 44.3 Å². The van der Waals surface area contributed by atoms with Crippen molar-refractivity contribution in [2.24, 2.45) is 11.8 Å². The molecular formula is C41H67NO16. The van der Waals surface area contributed by atoms with E-state index in [2.05, 4.69) is 0 Å². The van der Waals surface area contributed by atoms with Crippen LogP contribution >= 0.6 is 0 Å². The largest absolute Gasteiger partial charge is 0.462 e. The van der Waals surface area contributed by atoms with Gasteiger partial charge in [-0.2, -0.15) is 0 Å². The fourth-order valence-corrected chi connectivity index (χ4v) is 8.36. The average molecular weight is 830 g/mol. The van der Waals surface area contributed by atoms with Crippen LogP contribution in [0, 0.1) is 11.8 Å². The third kappa shape index (κ3) is 12.5. The normalized spacial score (nSPS) is 43.4. The first kappa shape index (κ1) is 48.1. The first-order valence-corrected chi connectivity index (χ1v) is 20.6. The van der Waals surface area contributed by atoms with Gasteiger partial charge in [0.05, 0.1) is 43.0 Å². The minimum Gasteiger partial charge on any atom is -0.462 e. The first-order chi connectivity index (χ1) is 27.3. The number of rotatable bonds is 12. The molecule has 4 aliphatic heterocycles. The van der Waals surface area contributed by atoms with Crippen LogP contribution in [0.4, 0.5) is 0 Å². The van der Waals surface area contributed by atoms with Crippen LogP contribution in [0.3, 0.4) is 0 Å². The third-order valence-electron chi connectivity index (χ3n) is 11.5. The van der Waals surface area contributed by atoms with Crippen molar-refractivity contribution in [3.8, 4) is 0 Å². The van der Waals surface area contributed by atoms with Gasteiger partial charge in [-0.1, -0.05) is 32.9 Å². The molecule has 3 fully saturated rings. The Morgan fingerprint density at radius 1 is 0.931 bits per heavy atom. The summed E-state index contributed by atoms with van der Waals surface area (Å²) in [4.78, 5) is 52.5. The molecule has 4 aliphatic rings. The molecule has 0 aliphatic carbocycles. The summed E-state index contributed by atoms with van der Waals surface area (Å²) in [7, 11) is 4.86. The summed E-state index contributed by atoms with van der Waals surface area (Å²) in [6.45, 7) is 11.8. The van der Waals surface area contributed by atoms with Gasteiger partial charge in [0.2, 0.25) is 0 Å². The fraction of sp³-hybridized carbons (Fsp3) is 0.854. The minimum absolute atomic E-state index is 0.00499. The molecule has 0 aromatic rings. The summed E-state index contributed by atoms with van der Waals surface area (Å²) in [5.41, 5.74) is -1.49. The van der Waals surface area contributed by atoms with Gasteiger partial charge in [-0.05, 0) is 60.0 Å². The molecule has 18 atom stereocenters. The summed E-state index contributed by atoms with van der Waals surface area (Å²) in [5.74, 6) is -2.86. The van der Waals surface area contributed by atoms with E-state index in [1.165, 1.54) is 7.11 Å². The Morgan fingerprint density at radius 3 is 2.21 bits per heavy atom. The Morgan fingerprint density at radius 2 is 1.60 bits per heavy atom. The van der Waals surface area contributed by atoms with Crippen LogP contribution in [0.5, 0.6) is 0 Å². The monoisotopic (exact) mass is 829 g/mol. The number of aliphatic hydroxyl groups excluding tert-OH is 2. The van der Waals surface area contributed by atoms with Crippen LogP contribution < -0.4 is 0 Å². The summed E-state index contributed by atoms with van der Waals surface area (Å²) in [6.07, 6.45) is -8.08. The van der Waals surface area contributed by atoms with Crippen LogP contribution in [-0.2, 0) is 61.8 Å². The lowest BCUT2D eigenvalue weighted by atomic mass is 9.82. The molecule has 3 saturated heterocycles. The highest BCUT2D eigenvalue weighted by Crippen LogP contribution is 2.38.